The number of phosphoric ester groups is 1. The molecule has 0 saturated carbocycles. The van der Waals surface area contributed by atoms with Crippen molar-refractivity contribution in [2.75, 3.05) is 6.61 Å². The molecule has 9 heavy (non-hydrogen) atoms. The molecule has 0 spiro atoms. The molecule has 0 rings (SSSR count). The summed E-state index contributed by atoms with van der Waals surface area (Å²) < 4.78 is 13.9. The third-order valence-corrected chi connectivity index (χ3v) is 0.983. The fourth-order valence-corrected chi connectivity index (χ4v) is 0.631. The smallest absolute Gasteiger partial charge is 0.303 e. The minimum absolute atomic E-state index is 0. The lowest BCUT2D eigenvalue weighted by Crippen LogP contribution is -1.88. The van der Waals surface area contributed by atoms with Crippen LogP contribution in [-0.4, -0.2) is 16.4 Å². The molecule has 0 bridgehead atoms. The highest BCUT2D eigenvalue weighted by Crippen LogP contribution is 2.35. The van der Waals surface area contributed by atoms with Crippen LogP contribution in [0.4, 0.5) is 0 Å². The Bertz CT molecular complexity index is 100.0. The molecular weight excluding hydrogens is 211 g/mol. The molecule has 0 aliphatic heterocycles. The Morgan fingerprint density at radius 2 is 2.00 bits per heavy atom. The van der Waals surface area contributed by atoms with Gasteiger partial charge in [-0.15, -0.1) is 17.0 Å². The van der Waals surface area contributed by atoms with E-state index in [1.54, 1.807) is 6.92 Å². The Morgan fingerprint density at radius 1 is 1.56 bits per heavy atom. The van der Waals surface area contributed by atoms with E-state index in [0.29, 0.717) is 6.42 Å². The SMILES string of the molecule is Br.CCCOP(=O)(O)O. The van der Waals surface area contributed by atoms with E-state index in [1.807, 2.05) is 0 Å². The summed E-state index contributed by atoms with van der Waals surface area (Å²) in [6, 6.07) is 0. The summed E-state index contributed by atoms with van der Waals surface area (Å²) in [4.78, 5) is 16.1. The minimum atomic E-state index is -4.18. The van der Waals surface area contributed by atoms with E-state index >= 15 is 0 Å². The van der Waals surface area contributed by atoms with E-state index in [4.69, 9.17) is 9.79 Å². The van der Waals surface area contributed by atoms with Crippen LogP contribution in [0.2, 0.25) is 0 Å². The maximum Gasteiger partial charge on any atom is 0.469 e. The summed E-state index contributed by atoms with van der Waals surface area (Å²) in [5, 5.41) is 0. The van der Waals surface area contributed by atoms with Crippen LogP contribution >= 0.6 is 24.8 Å². The van der Waals surface area contributed by atoms with Crippen molar-refractivity contribution < 1.29 is 18.9 Å². The highest BCUT2D eigenvalue weighted by atomic mass is 79.9. The van der Waals surface area contributed by atoms with Crippen molar-refractivity contribution in [1.29, 1.82) is 0 Å². The Labute approximate surface area is 64.2 Å². The van der Waals surface area contributed by atoms with E-state index in [1.165, 1.54) is 0 Å². The second kappa shape index (κ2) is 5.38. The molecule has 0 fully saturated rings. The third-order valence-electron chi connectivity index (χ3n) is 0.464. The van der Waals surface area contributed by atoms with Crippen LogP contribution in [0.25, 0.3) is 0 Å². The molecule has 4 nitrogen and oxygen atoms in total. The standard InChI is InChI=1S/C3H9O4P.BrH/c1-2-3-7-8(4,5)6;/h2-3H2,1H3,(H2,4,5,6);1H. The van der Waals surface area contributed by atoms with Gasteiger partial charge in [0.15, 0.2) is 0 Å². The predicted molar refractivity (Wildman–Crippen MR) is 38.6 cm³/mol. The van der Waals surface area contributed by atoms with Gasteiger partial charge in [0.25, 0.3) is 0 Å². The predicted octanol–water partition coefficient (Wildman–Crippen LogP) is 1.08. The summed E-state index contributed by atoms with van der Waals surface area (Å²) in [5.74, 6) is 0. The first-order valence-corrected chi connectivity index (χ1v) is 3.79. The van der Waals surface area contributed by atoms with Gasteiger partial charge >= 0.3 is 7.82 Å². The van der Waals surface area contributed by atoms with Crippen molar-refractivity contribution in [3.63, 3.8) is 0 Å². The zero-order valence-electron chi connectivity index (χ0n) is 4.98. The molecule has 0 aromatic rings. The molecule has 2 N–H and O–H groups in total. The maximum absolute atomic E-state index is 9.86. The van der Waals surface area contributed by atoms with Gasteiger partial charge in [-0.1, -0.05) is 6.92 Å². The van der Waals surface area contributed by atoms with Crippen LogP contribution in [0.1, 0.15) is 13.3 Å². The van der Waals surface area contributed by atoms with Crippen LogP contribution in [0.5, 0.6) is 0 Å². The number of hydrogen-bond acceptors (Lipinski definition) is 2. The van der Waals surface area contributed by atoms with Crippen molar-refractivity contribution in [1.82, 2.24) is 0 Å². The first-order valence-electron chi connectivity index (χ1n) is 2.26. The molecule has 0 atom stereocenters. The van der Waals surface area contributed by atoms with E-state index in [0.717, 1.165) is 0 Å². The van der Waals surface area contributed by atoms with Crippen LogP contribution in [0, 0.1) is 0 Å². The summed E-state index contributed by atoms with van der Waals surface area (Å²) in [6.07, 6.45) is 0.616. The van der Waals surface area contributed by atoms with E-state index in [-0.39, 0.29) is 23.6 Å². The van der Waals surface area contributed by atoms with Gasteiger partial charge < -0.3 is 9.79 Å². The van der Waals surface area contributed by atoms with E-state index in [2.05, 4.69) is 4.52 Å². The molecule has 58 valence electrons. The lowest BCUT2D eigenvalue weighted by Gasteiger charge is -2.00. The molecule has 0 saturated heterocycles. The first kappa shape index (κ1) is 12.3. The van der Waals surface area contributed by atoms with Gasteiger partial charge in [0.05, 0.1) is 6.61 Å². The van der Waals surface area contributed by atoms with Crippen molar-refractivity contribution in [3.05, 3.63) is 0 Å². The Kier molecular flexibility index (Phi) is 7.34. The topological polar surface area (TPSA) is 66.8 Å². The summed E-state index contributed by atoms with van der Waals surface area (Å²) >= 11 is 0. The Morgan fingerprint density at radius 3 is 2.11 bits per heavy atom. The second-order valence-electron chi connectivity index (χ2n) is 1.32. The molecule has 0 heterocycles. The third kappa shape index (κ3) is 11.9. The monoisotopic (exact) mass is 220 g/mol. The minimum Gasteiger partial charge on any atom is -0.303 e. The molecule has 0 amide bonds. The normalized spacial score (nSPS) is 10.6. The molecule has 0 aliphatic rings. The van der Waals surface area contributed by atoms with E-state index in [9.17, 15) is 4.57 Å². The van der Waals surface area contributed by atoms with Gasteiger partial charge in [0.2, 0.25) is 0 Å². The van der Waals surface area contributed by atoms with Gasteiger partial charge in [-0.25, -0.2) is 4.57 Å². The molecule has 0 unspecified atom stereocenters. The van der Waals surface area contributed by atoms with Crippen LogP contribution in [0.15, 0.2) is 0 Å². The molecule has 0 radical (unpaired) electrons. The first-order chi connectivity index (χ1) is 3.56. The van der Waals surface area contributed by atoms with Gasteiger partial charge in [-0.05, 0) is 6.42 Å². The fourth-order valence-electron chi connectivity index (χ4n) is 0.210. The second-order valence-corrected chi connectivity index (χ2v) is 2.56. The summed E-state index contributed by atoms with van der Waals surface area (Å²) in [7, 11) is -4.18. The van der Waals surface area contributed by atoms with Crippen molar-refractivity contribution >= 4 is 24.8 Å². The Hall–Kier alpha value is 0.590. The lowest BCUT2D eigenvalue weighted by molar-refractivity contribution is 0.197. The van der Waals surface area contributed by atoms with Gasteiger partial charge in [-0.2, -0.15) is 0 Å². The average molecular weight is 221 g/mol. The maximum atomic E-state index is 9.86. The van der Waals surface area contributed by atoms with E-state index < -0.39 is 7.82 Å². The highest BCUT2D eigenvalue weighted by Gasteiger charge is 2.11. The Balaban J connectivity index is 0. The van der Waals surface area contributed by atoms with Crippen molar-refractivity contribution in [3.8, 4) is 0 Å². The van der Waals surface area contributed by atoms with Crippen LogP contribution < -0.4 is 0 Å². The summed E-state index contributed by atoms with van der Waals surface area (Å²) in [5.41, 5.74) is 0. The number of halogens is 1. The molecule has 6 heteroatoms. The molecule has 0 aliphatic carbocycles. The zero-order chi connectivity index (χ0) is 6.62. The number of rotatable bonds is 3. The average Bonchev–Trinajstić information content (AvgIpc) is 1.59. The lowest BCUT2D eigenvalue weighted by atomic mass is 10.5. The van der Waals surface area contributed by atoms with Gasteiger partial charge in [0.1, 0.15) is 0 Å². The summed E-state index contributed by atoms with van der Waals surface area (Å²) in [6.45, 7) is 1.89. The number of hydrogen-bond donors (Lipinski definition) is 2. The fraction of sp³-hybridized carbons (Fsp3) is 1.00. The molecule has 0 aromatic carbocycles. The van der Waals surface area contributed by atoms with Crippen LogP contribution in [0.3, 0.4) is 0 Å². The molecule has 0 aromatic heterocycles. The zero-order valence-corrected chi connectivity index (χ0v) is 7.59. The van der Waals surface area contributed by atoms with Crippen molar-refractivity contribution in [2.24, 2.45) is 0 Å². The molecular formula is C3H10BrO4P. The highest BCUT2D eigenvalue weighted by molar-refractivity contribution is 8.93. The van der Waals surface area contributed by atoms with Crippen molar-refractivity contribution in [2.45, 2.75) is 13.3 Å². The van der Waals surface area contributed by atoms with Crippen LogP contribution in [-0.2, 0) is 9.09 Å². The van der Waals surface area contributed by atoms with Gasteiger partial charge in [-0.3, -0.25) is 4.52 Å². The largest absolute Gasteiger partial charge is 0.469 e. The number of phosphoric acid groups is 1. The van der Waals surface area contributed by atoms with Gasteiger partial charge in [0, 0.05) is 0 Å². The quantitative estimate of drug-likeness (QED) is 0.699.